The van der Waals surface area contributed by atoms with E-state index in [2.05, 4.69) is 10.3 Å². The Labute approximate surface area is 110 Å². The predicted molar refractivity (Wildman–Crippen MR) is 69.3 cm³/mol. The van der Waals surface area contributed by atoms with Crippen molar-refractivity contribution in [2.24, 2.45) is 0 Å². The molecule has 2 rings (SSSR count). The lowest BCUT2D eigenvalue weighted by Crippen LogP contribution is -2.11. The van der Waals surface area contributed by atoms with Crippen molar-refractivity contribution < 1.29 is 4.42 Å². The first-order valence-corrected chi connectivity index (χ1v) is 6.07. The lowest BCUT2D eigenvalue weighted by Gasteiger charge is -1.99. The van der Waals surface area contributed by atoms with E-state index < -0.39 is 0 Å². The van der Waals surface area contributed by atoms with E-state index in [0.717, 1.165) is 17.8 Å². The highest BCUT2D eigenvalue weighted by atomic mass is 35.5. The van der Waals surface area contributed by atoms with Gasteiger partial charge in [-0.1, -0.05) is 30.1 Å². The van der Waals surface area contributed by atoms with Crippen LogP contribution >= 0.6 is 23.2 Å². The number of nitrogens with one attached hydrogen (secondary N) is 1. The highest BCUT2D eigenvalue weighted by Crippen LogP contribution is 2.29. The zero-order valence-corrected chi connectivity index (χ0v) is 10.8. The average Bonchev–Trinajstić information content (AvgIpc) is 2.75. The Bertz CT molecular complexity index is 511. The molecular formula is C12H12Cl2N2O. The van der Waals surface area contributed by atoms with Crippen molar-refractivity contribution in [3.05, 3.63) is 40.2 Å². The molecule has 3 nitrogen and oxygen atoms in total. The van der Waals surface area contributed by atoms with Crippen LogP contribution in [0.25, 0.3) is 11.5 Å². The maximum atomic E-state index is 6.08. The molecule has 0 aliphatic carbocycles. The first-order chi connectivity index (χ1) is 8.20. The molecule has 0 saturated carbocycles. The van der Waals surface area contributed by atoms with Crippen molar-refractivity contribution in [1.29, 1.82) is 0 Å². The van der Waals surface area contributed by atoms with Crippen molar-refractivity contribution in [3.63, 3.8) is 0 Å². The largest absolute Gasteiger partial charge is 0.444 e. The van der Waals surface area contributed by atoms with Gasteiger partial charge in [0.25, 0.3) is 0 Å². The minimum Gasteiger partial charge on any atom is -0.444 e. The van der Waals surface area contributed by atoms with Gasteiger partial charge in [-0.05, 0) is 24.7 Å². The third-order valence-corrected chi connectivity index (χ3v) is 2.82. The number of oxazole rings is 1. The van der Waals surface area contributed by atoms with Crippen LogP contribution in [0.4, 0.5) is 0 Å². The van der Waals surface area contributed by atoms with E-state index in [9.17, 15) is 0 Å². The molecule has 0 atom stereocenters. The number of rotatable bonds is 4. The van der Waals surface area contributed by atoms with E-state index in [1.54, 1.807) is 24.5 Å². The van der Waals surface area contributed by atoms with Gasteiger partial charge < -0.3 is 9.73 Å². The van der Waals surface area contributed by atoms with Gasteiger partial charge in [0.1, 0.15) is 6.26 Å². The van der Waals surface area contributed by atoms with Gasteiger partial charge in [-0.3, -0.25) is 0 Å². The molecule has 0 fully saturated rings. The molecule has 1 aromatic heterocycles. The van der Waals surface area contributed by atoms with Crippen LogP contribution in [-0.4, -0.2) is 11.5 Å². The van der Waals surface area contributed by atoms with Crippen molar-refractivity contribution in [3.8, 4) is 11.5 Å². The quantitative estimate of drug-likeness (QED) is 0.920. The summed E-state index contributed by atoms with van der Waals surface area (Å²) >= 11 is 11.9. The minimum absolute atomic E-state index is 0.513. The van der Waals surface area contributed by atoms with E-state index in [-0.39, 0.29) is 0 Å². The normalized spacial score (nSPS) is 10.8. The van der Waals surface area contributed by atoms with E-state index in [0.29, 0.717) is 22.5 Å². The van der Waals surface area contributed by atoms with E-state index >= 15 is 0 Å². The number of aromatic nitrogens is 1. The standard InChI is InChI=1S/C12H12Cl2N2O/c1-2-15-6-9-7-17-12(16-9)10-4-3-8(13)5-11(10)14/h3-5,7,15H,2,6H2,1H3. The number of benzene rings is 1. The number of hydrogen-bond donors (Lipinski definition) is 1. The Kier molecular flexibility index (Phi) is 4.05. The van der Waals surface area contributed by atoms with Crippen LogP contribution in [0.5, 0.6) is 0 Å². The molecule has 0 amide bonds. The van der Waals surface area contributed by atoms with Crippen LogP contribution in [0.15, 0.2) is 28.9 Å². The van der Waals surface area contributed by atoms with Gasteiger partial charge in [0.2, 0.25) is 5.89 Å². The molecule has 0 unspecified atom stereocenters. The van der Waals surface area contributed by atoms with Crippen LogP contribution < -0.4 is 5.32 Å². The SMILES string of the molecule is CCNCc1coc(-c2ccc(Cl)cc2Cl)n1. The Morgan fingerprint density at radius 3 is 2.88 bits per heavy atom. The number of halogens is 2. The second kappa shape index (κ2) is 5.54. The minimum atomic E-state index is 0.513. The zero-order chi connectivity index (χ0) is 12.3. The summed E-state index contributed by atoms with van der Waals surface area (Å²) in [5.41, 5.74) is 1.60. The fourth-order valence-electron chi connectivity index (χ4n) is 1.43. The van der Waals surface area contributed by atoms with Gasteiger partial charge in [0.05, 0.1) is 16.3 Å². The van der Waals surface area contributed by atoms with E-state index in [1.165, 1.54) is 0 Å². The molecule has 0 saturated heterocycles. The van der Waals surface area contributed by atoms with Gasteiger partial charge >= 0.3 is 0 Å². The van der Waals surface area contributed by atoms with Gasteiger partial charge in [0.15, 0.2) is 0 Å². The van der Waals surface area contributed by atoms with Crippen LogP contribution in [0.3, 0.4) is 0 Å². The molecule has 17 heavy (non-hydrogen) atoms. The third kappa shape index (κ3) is 3.00. The Morgan fingerprint density at radius 2 is 2.18 bits per heavy atom. The zero-order valence-electron chi connectivity index (χ0n) is 9.34. The van der Waals surface area contributed by atoms with Crippen LogP contribution in [0, 0.1) is 0 Å². The van der Waals surface area contributed by atoms with Gasteiger partial charge in [-0.25, -0.2) is 4.98 Å². The van der Waals surface area contributed by atoms with Crippen molar-refractivity contribution in [2.45, 2.75) is 13.5 Å². The summed E-state index contributed by atoms with van der Waals surface area (Å²) in [6, 6.07) is 5.23. The molecule has 1 aromatic carbocycles. The van der Waals surface area contributed by atoms with Gasteiger partial charge in [-0.2, -0.15) is 0 Å². The Balaban J connectivity index is 2.24. The lowest BCUT2D eigenvalue weighted by atomic mass is 10.2. The maximum absolute atomic E-state index is 6.08. The molecule has 0 bridgehead atoms. The van der Waals surface area contributed by atoms with Crippen LogP contribution in [0.1, 0.15) is 12.6 Å². The first-order valence-electron chi connectivity index (χ1n) is 5.31. The molecule has 0 aliphatic heterocycles. The number of hydrogen-bond acceptors (Lipinski definition) is 3. The fraction of sp³-hybridized carbons (Fsp3) is 0.250. The van der Waals surface area contributed by atoms with Crippen LogP contribution in [-0.2, 0) is 6.54 Å². The molecule has 90 valence electrons. The Morgan fingerprint density at radius 1 is 1.35 bits per heavy atom. The van der Waals surface area contributed by atoms with Gasteiger partial charge in [-0.15, -0.1) is 0 Å². The second-order valence-electron chi connectivity index (χ2n) is 3.55. The molecule has 0 aliphatic rings. The average molecular weight is 271 g/mol. The van der Waals surface area contributed by atoms with Crippen molar-refractivity contribution in [1.82, 2.24) is 10.3 Å². The highest BCUT2D eigenvalue weighted by molar-refractivity contribution is 6.36. The van der Waals surface area contributed by atoms with Crippen molar-refractivity contribution in [2.75, 3.05) is 6.54 Å². The number of nitrogens with zero attached hydrogens (tertiary/aromatic N) is 1. The third-order valence-electron chi connectivity index (χ3n) is 2.27. The highest BCUT2D eigenvalue weighted by Gasteiger charge is 2.10. The molecular weight excluding hydrogens is 259 g/mol. The van der Waals surface area contributed by atoms with E-state index in [4.69, 9.17) is 27.6 Å². The van der Waals surface area contributed by atoms with Crippen LogP contribution in [0.2, 0.25) is 10.0 Å². The smallest absolute Gasteiger partial charge is 0.227 e. The molecule has 5 heteroatoms. The molecule has 0 radical (unpaired) electrons. The second-order valence-corrected chi connectivity index (χ2v) is 4.39. The summed E-state index contributed by atoms with van der Waals surface area (Å²) in [4.78, 5) is 4.35. The van der Waals surface area contributed by atoms with E-state index in [1.807, 2.05) is 6.92 Å². The van der Waals surface area contributed by atoms with Crippen molar-refractivity contribution >= 4 is 23.2 Å². The maximum Gasteiger partial charge on any atom is 0.227 e. The summed E-state index contributed by atoms with van der Waals surface area (Å²) in [5, 5.41) is 4.31. The summed E-state index contributed by atoms with van der Waals surface area (Å²) in [7, 11) is 0. The lowest BCUT2D eigenvalue weighted by molar-refractivity contribution is 0.571. The molecule has 1 heterocycles. The monoisotopic (exact) mass is 270 g/mol. The topological polar surface area (TPSA) is 38.1 Å². The summed E-state index contributed by atoms with van der Waals surface area (Å²) in [6.45, 7) is 3.62. The van der Waals surface area contributed by atoms with Gasteiger partial charge in [0, 0.05) is 11.6 Å². The summed E-state index contributed by atoms with van der Waals surface area (Å²) in [6.07, 6.45) is 1.63. The Hall–Kier alpha value is -1.03. The molecule has 2 aromatic rings. The molecule has 0 spiro atoms. The fourth-order valence-corrected chi connectivity index (χ4v) is 1.92. The predicted octanol–water partition coefficient (Wildman–Crippen LogP) is 3.76. The summed E-state index contributed by atoms with van der Waals surface area (Å²) < 4.78 is 5.39. The molecule has 1 N–H and O–H groups in total. The first kappa shape index (κ1) is 12.4. The summed E-state index contributed by atoms with van der Waals surface area (Å²) in [5.74, 6) is 0.513.